The van der Waals surface area contributed by atoms with Crippen LogP contribution in [0.4, 0.5) is 5.69 Å². The van der Waals surface area contributed by atoms with Crippen molar-refractivity contribution in [1.29, 1.82) is 5.26 Å². The number of hydrogen-bond acceptors (Lipinski definition) is 3. The first-order chi connectivity index (χ1) is 9.78. The van der Waals surface area contributed by atoms with Crippen LogP contribution in [0, 0.1) is 11.3 Å². The Labute approximate surface area is 119 Å². The fourth-order valence-electron chi connectivity index (χ4n) is 2.61. The highest BCUT2D eigenvalue weighted by atomic mass is 16.5. The lowest BCUT2D eigenvalue weighted by Gasteiger charge is -2.22. The molecule has 0 aromatic heterocycles. The molecule has 1 heterocycles. The van der Waals surface area contributed by atoms with Crippen LogP contribution in [-0.4, -0.2) is 20.2 Å². The van der Waals surface area contributed by atoms with E-state index in [0.717, 1.165) is 24.6 Å². The highest BCUT2D eigenvalue weighted by molar-refractivity contribution is 5.50. The molecular weight excluding hydrogens is 248 g/mol. The third-order valence-electron chi connectivity index (χ3n) is 3.73. The van der Waals surface area contributed by atoms with Crippen molar-refractivity contribution in [2.45, 2.75) is 5.92 Å². The quantitative estimate of drug-likeness (QED) is 0.854. The van der Waals surface area contributed by atoms with Gasteiger partial charge in [-0.05, 0) is 30.3 Å². The fraction of sp³-hybridized carbons (Fsp3) is 0.235. The summed E-state index contributed by atoms with van der Waals surface area (Å²) < 4.78 is 5.71. The van der Waals surface area contributed by atoms with Gasteiger partial charge in [0, 0.05) is 30.8 Å². The van der Waals surface area contributed by atoms with Gasteiger partial charge in [-0.1, -0.05) is 18.2 Å². The van der Waals surface area contributed by atoms with Gasteiger partial charge in [-0.25, -0.2) is 0 Å². The second-order valence-corrected chi connectivity index (χ2v) is 5.08. The first-order valence-corrected chi connectivity index (χ1v) is 6.71. The summed E-state index contributed by atoms with van der Waals surface area (Å²) in [4.78, 5) is 2.21. The number of nitrogens with zero attached hydrogens (tertiary/aromatic N) is 2. The lowest BCUT2D eigenvalue weighted by Crippen LogP contribution is -2.24. The van der Waals surface area contributed by atoms with Gasteiger partial charge in [0.1, 0.15) is 5.75 Å². The molecule has 2 aromatic carbocycles. The van der Waals surface area contributed by atoms with Gasteiger partial charge >= 0.3 is 0 Å². The van der Waals surface area contributed by atoms with Gasteiger partial charge < -0.3 is 9.64 Å². The van der Waals surface area contributed by atoms with E-state index in [9.17, 15) is 0 Å². The second kappa shape index (κ2) is 5.26. The van der Waals surface area contributed by atoms with Crippen molar-refractivity contribution in [3.05, 3.63) is 59.7 Å². The van der Waals surface area contributed by atoms with E-state index < -0.39 is 0 Å². The normalized spacial score (nSPS) is 16.1. The van der Waals surface area contributed by atoms with Gasteiger partial charge in [0.2, 0.25) is 0 Å². The molecule has 3 rings (SSSR count). The number of rotatable bonds is 3. The third kappa shape index (κ3) is 2.33. The summed E-state index contributed by atoms with van der Waals surface area (Å²) in [5.41, 5.74) is 3.10. The molecule has 20 heavy (non-hydrogen) atoms. The molecule has 1 unspecified atom stereocenters. The van der Waals surface area contributed by atoms with Crippen LogP contribution < -0.4 is 9.64 Å². The van der Waals surface area contributed by atoms with Crippen molar-refractivity contribution in [2.75, 3.05) is 25.1 Å². The maximum absolute atomic E-state index is 8.83. The molecule has 0 fully saturated rings. The topological polar surface area (TPSA) is 36.3 Å². The highest BCUT2D eigenvalue weighted by Gasteiger charge is 2.24. The maximum atomic E-state index is 8.83. The Bertz CT molecular complexity index is 643. The number of hydrogen-bond donors (Lipinski definition) is 0. The maximum Gasteiger partial charge on any atom is 0.122 e. The molecule has 0 saturated carbocycles. The Morgan fingerprint density at radius 3 is 2.70 bits per heavy atom. The van der Waals surface area contributed by atoms with E-state index >= 15 is 0 Å². The number of anilines is 1. The summed E-state index contributed by atoms with van der Waals surface area (Å²) in [5.74, 6) is 1.40. The summed E-state index contributed by atoms with van der Waals surface area (Å²) in [6.45, 7) is 1.64. The molecule has 3 heteroatoms. The number of benzene rings is 2. The van der Waals surface area contributed by atoms with E-state index in [0.29, 0.717) is 11.5 Å². The van der Waals surface area contributed by atoms with E-state index in [2.05, 4.69) is 30.1 Å². The summed E-state index contributed by atoms with van der Waals surface area (Å²) in [6, 6.07) is 18.0. The summed E-state index contributed by atoms with van der Waals surface area (Å²) in [7, 11) is 2.07. The molecule has 1 atom stereocenters. The zero-order valence-electron chi connectivity index (χ0n) is 11.4. The van der Waals surface area contributed by atoms with Crippen LogP contribution in [0.3, 0.4) is 0 Å². The molecular formula is C17H16N2O. The molecule has 2 aromatic rings. The average molecular weight is 264 g/mol. The first kappa shape index (κ1) is 12.6. The number of likely N-dealkylation sites (N-methyl/N-ethyl adjacent to an activating group) is 1. The van der Waals surface area contributed by atoms with E-state index in [-0.39, 0.29) is 0 Å². The van der Waals surface area contributed by atoms with E-state index in [4.69, 9.17) is 10.00 Å². The van der Waals surface area contributed by atoms with E-state index in [1.165, 1.54) is 5.56 Å². The number of nitriles is 1. The Morgan fingerprint density at radius 2 is 1.95 bits per heavy atom. The molecule has 3 nitrogen and oxygen atoms in total. The number of para-hydroxylation sites is 1. The monoisotopic (exact) mass is 264 g/mol. The minimum absolute atomic E-state index is 0.395. The van der Waals surface area contributed by atoms with Crippen LogP contribution in [0.1, 0.15) is 17.0 Å². The Kier molecular flexibility index (Phi) is 3.30. The molecule has 1 aliphatic heterocycles. The molecule has 0 radical (unpaired) electrons. The van der Waals surface area contributed by atoms with Crippen molar-refractivity contribution in [3.63, 3.8) is 0 Å². The Hall–Kier alpha value is -2.47. The van der Waals surface area contributed by atoms with Gasteiger partial charge in [0.25, 0.3) is 0 Å². The van der Waals surface area contributed by atoms with Crippen molar-refractivity contribution >= 4 is 5.69 Å². The standard InChI is InChI=1S/C17H16N2O/c1-19(15-8-6-13(10-18)7-9-15)11-14-12-20-17-5-3-2-4-16(14)17/h2-9,14H,11-12H2,1H3. The van der Waals surface area contributed by atoms with Crippen LogP contribution in [0.2, 0.25) is 0 Å². The highest BCUT2D eigenvalue weighted by Crippen LogP contribution is 2.34. The van der Waals surface area contributed by atoms with Crippen molar-refractivity contribution < 1.29 is 4.74 Å². The van der Waals surface area contributed by atoms with Crippen LogP contribution in [0.25, 0.3) is 0 Å². The molecule has 0 saturated heterocycles. The van der Waals surface area contributed by atoms with E-state index in [1.807, 2.05) is 36.4 Å². The predicted molar refractivity (Wildman–Crippen MR) is 79.1 cm³/mol. The van der Waals surface area contributed by atoms with Crippen LogP contribution in [0.5, 0.6) is 5.75 Å². The van der Waals surface area contributed by atoms with Crippen molar-refractivity contribution in [1.82, 2.24) is 0 Å². The first-order valence-electron chi connectivity index (χ1n) is 6.71. The van der Waals surface area contributed by atoms with Crippen LogP contribution >= 0.6 is 0 Å². The molecule has 100 valence electrons. The van der Waals surface area contributed by atoms with Gasteiger partial charge in [0.05, 0.1) is 18.2 Å². The van der Waals surface area contributed by atoms with Crippen molar-refractivity contribution in [3.8, 4) is 11.8 Å². The Morgan fingerprint density at radius 1 is 1.20 bits per heavy atom. The third-order valence-corrected chi connectivity index (χ3v) is 3.73. The average Bonchev–Trinajstić information content (AvgIpc) is 2.91. The lowest BCUT2D eigenvalue weighted by atomic mass is 10.0. The van der Waals surface area contributed by atoms with Crippen molar-refractivity contribution in [2.24, 2.45) is 0 Å². The summed E-state index contributed by atoms with van der Waals surface area (Å²) >= 11 is 0. The van der Waals surface area contributed by atoms with Gasteiger partial charge in [-0.15, -0.1) is 0 Å². The summed E-state index contributed by atoms with van der Waals surface area (Å²) in [5, 5.41) is 8.83. The minimum atomic E-state index is 0.395. The fourth-order valence-corrected chi connectivity index (χ4v) is 2.61. The predicted octanol–water partition coefficient (Wildman–Crippen LogP) is 3.17. The Balaban J connectivity index is 1.73. The largest absolute Gasteiger partial charge is 0.493 e. The lowest BCUT2D eigenvalue weighted by molar-refractivity contribution is 0.332. The molecule has 0 bridgehead atoms. The molecule has 1 aliphatic rings. The SMILES string of the molecule is CN(CC1COc2ccccc21)c1ccc(C#N)cc1. The molecule has 0 spiro atoms. The number of ether oxygens (including phenoxy) is 1. The molecule has 0 N–H and O–H groups in total. The zero-order valence-corrected chi connectivity index (χ0v) is 11.4. The van der Waals surface area contributed by atoms with E-state index in [1.54, 1.807) is 0 Å². The smallest absolute Gasteiger partial charge is 0.122 e. The second-order valence-electron chi connectivity index (χ2n) is 5.08. The van der Waals surface area contributed by atoms with Crippen LogP contribution in [-0.2, 0) is 0 Å². The van der Waals surface area contributed by atoms with Gasteiger partial charge in [0.15, 0.2) is 0 Å². The summed E-state index contributed by atoms with van der Waals surface area (Å²) in [6.07, 6.45) is 0. The van der Waals surface area contributed by atoms with Gasteiger partial charge in [-0.3, -0.25) is 0 Å². The number of fused-ring (bicyclic) bond motifs is 1. The minimum Gasteiger partial charge on any atom is -0.493 e. The zero-order chi connectivity index (χ0) is 13.9. The molecule has 0 aliphatic carbocycles. The van der Waals surface area contributed by atoms with Gasteiger partial charge in [-0.2, -0.15) is 5.26 Å². The van der Waals surface area contributed by atoms with Crippen LogP contribution in [0.15, 0.2) is 48.5 Å². The molecule has 0 amide bonds.